The Morgan fingerprint density at radius 3 is 1.34 bits per heavy atom. The number of hydrogen-bond donors (Lipinski definition) is 0. The summed E-state index contributed by atoms with van der Waals surface area (Å²) in [6.07, 6.45) is 54.5. The summed E-state index contributed by atoms with van der Waals surface area (Å²) in [5, 5.41) is 0. The molecule has 0 heterocycles. The standard InChI is InChI=1S/C52H100NO7P/c1-6-8-10-12-14-16-18-20-22-23-24-25-26-27-28-29-30-32-34-36-38-40-42-44-47-57-49-51(50-59-61(55,56)58-48-46-53(3,4)5)60-52(54)45-43-41-39-37-35-33-31-21-19-17-15-13-11-9-7-2/h18,20,23-24,26-27,51H,6-17,19,21-22,25,28-50H2,1-5H3/b20-18-,24-23-,27-26-. The van der Waals surface area contributed by atoms with Crippen molar-refractivity contribution in [2.45, 2.75) is 238 Å². The number of nitrogens with zero attached hydrogens (tertiary/aromatic N) is 1. The van der Waals surface area contributed by atoms with E-state index in [0.29, 0.717) is 24.1 Å². The van der Waals surface area contributed by atoms with Crippen molar-refractivity contribution in [1.29, 1.82) is 0 Å². The lowest BCUT2D eigenvalue weighted by Crippen LogP contribution is -2.37. The molecule has 2 atom stereocenters. The van der Waals surface area contributed by atoms with E-state index in [-0.39, 0.29) is 25.8 Å². The number of rotatable bonds is 48. The Labute approximate surface area is 378 Å². The molecule has 0 aliphatic carbocycles. The number of allylic oxidation sites excluding steroid dienone is 6. The van der Waals surface area contributed by atoms with Crippen LogP contribution in [0.1, 0.15) is 232 Å². The van der Waals surface area contributed by atoms with Crippen molar-refractivity contribution in [2.24, 2.45) is 0 Å². The first-order valence-corrected chi connectivity index (χ1v) is 27.2. The second kappa shape index (κ2) is 45.3. The Kier molecular flexibility index (Phi) is 44.3. The van der Waals surface area contributed by atoms with E-state index in [0.717, 1.165) is 44.9 Å². The summed E-state index contributed by atoms with van der Waals surface area (Å²) in [5.74, 6) is -0.333. The van der Waals surface area contributed by atoms with Gasteiger partial charge < -0.3 is 27.9 Å². The largest absolute Gasteiger partial charge is 0.756 e. The minimum Gasteiger partial charge on any atom is -0.756 e. The van der Waals surface area contributed by atoms with Gasteiger partial charge in [-0.1, -0.05) is 211 Å². The van der Waals surface area contributed by atoms with Gasteiger partial charge in [0.1, 0.15) is 19.3 Å². The first kappa shape index (κ1) is 59.7. The Morgan fingerprint density at radius 2 is 0.902 bits per heavy atom. The fraction of sp³-hybridized carbons (Fsp3) is 0.865. The van der Waals surface area contributed by atoms with Crippen LogP contribution in [0.15, 0.2) is 36.5 Å². The number of carbonyl (C=O) groups excluding carboxylic acids is 1. The van der Waals surface area contributed by atoms with Crippen LogP contribution in [-0.4, -0.2) is 70.7 Å². The molecule has 0 aliphatic rings. The molecule has 0 aromatic rings. The van der Waals surface area contributed by atoms with E-state index in [1.807, 2.05) is 21.1 Å². The number of phosphoric ester groups is 1. The summed E-state index contributed by atoms with van der Waals surface area (Å²) < 4.78 is 34.7. The summed E-state index contributed by atoms with van der Waals surface area (Å²) in [7, 11) is 1.36. The lowest BCUT2D eigenvalue weighted by molar-refractivity contribution is -0.870. The van der Waals surface area contributed by atoms with E-state index in [4.69, 9.17) is 18.5 Å². The highest BCUT2D eigenvalue weighted by Crippen LogP contribution is 2.38. The van der Waals surface area contributed by atoms with Crippen molar-refractivity contribution in [1.82, 2.24) is 0 Å². The van der Waals surface area contributed by atoms with E-state index in [2.05, 4.69) is 50.3 Å². The van der Waals surface area contributed by atoms with Gasteiger partial charge in [0, 0.05) is 13.0 Å². The number of carbonyl (C=O) groups is 1. The molecule has 0 fully saturated rings. The molecule has 2 unspecified atom stereocenters. The zero-order valence-corrected chi connectivity index (χ0v) is 41.8. The van der Waals surface area contributed by atoms with Gasteiger partial charge in [0.15, 0.2) is 0 Å². The molecule has 0 bridgehead atoms. The van der Waals surface area contributed by atoms with Crippen molar-refractivity contribution < 1.29 is 37.3 Å². The van der Waals surface area contributed by atoms with Crippen molar-refractivity contribution in [3.05, 3.63) is 36.5 Å². The Bertz CT molecular complexity index is 1070. The smallest absolute Gasteiger partial charge is 0.306 e. The van der Waals surface area contributed by atoms with Gasteiger partial charge in [-0.15, -0.1) is 0 Å². The molecule has 0 N–H and O–H groups in total. The van der Waals surface area contributed by atoms with E-state index in [9.17, 15) is 14.3 Å². The second-order valence-electron chi connectivity index (χ2n) is 18.5. The number of unbranched alkanes of at least 4 members (excludes halogenated alkanes) is 28. The lowest BCUT2D eigenvalue weighted by atomic mass is 10.0. The lowest BCUT2D eigenvalue weighted by Gasteiger charge is -2.28. The maximum absolute atomic E-state index is 12.7. The molecular formula is C52H100NO7P. The molecule has 9 heteroatoms. The first-order chi connectivity index (χ1) is 29.6. The quantitative estimate of drug-likeness (QED) is 0.0197. The van der Waals surface area contributed by atoms with Gasteiger partial charge >= 0.3 is 5.97 Å². The number of quaternary nitrogens is 1. The fourth-order valence-electron chi connectivity index (χ4n) is 7.20. The number of esters is 1. The third-order valence-corrected chi connectivity index (χ3v) is 12.2. The fourth-order valence-corrected chi connectivity index (χ4v) is 7.93. The third-order valence-electron chi connectivity index (χ3n) is 11.2. The van der Waals surface area contributed by atoms with Gasteiger partial charge in [-0.2, -0.15) is 0 Å². The maximum atomic E-state index is 12.7. The highest BCUT2D eigenvalue weighted by atomic mass is 31.2. The first-order valence-electron chi connectivity index (χ1n) is 25.7. The van der Waals surface area contributed by atoms with Gasteiger partial charge in [-0.05, 0) is 51.4 Å². The minimum atomic E-state index is -4.53. The Balaban J connectivity index is 4.11. The average Bonchev–Trinajstić information content (AvgIpc) is 3.22. The molecule has 0 radical (unpaired) electrons. The molecular weight excluding hydrogens is 782 g/mol. The summed E-state index contributed by atoms with van der Waals surface area (Å²) >= 11 is 0. The van der Waals surface area contributed by atoms with Gasteiger partial charge in [-0.3, -0.25) is 9.36 Å². The van der Waals surface area contributed by atoms with Crippen LogP contribution < -0.4 is 4.89 Å². The van der Waals surface area contributed by atoms with Gasteiger partial charge in [-0.25, -0.2) is 0 Å². The summed E-state index contributed by atoms with van der Waals surface area (Å²) in [5.41, 5.74) is 0. The van der Waals surface area contributed by atoms with Crippen LogP contribution in [0, 0.1) is 0 Å². The monoisotopic (exact) mass is 882 g/mol. The zero-order chi connectivity index (χ0) is 44.8. The van der Waals surface area contributed by atoms with Crippen LogP contribution in [0.4, 0.5) is 0 Å². The summed E-state index contributed by atoms with van der Waals surface area (Å²) in [6.45, 7) is 5.42. The third kappa shape index (κ3) is 49.6. The average molecular weight is 882 g/mol. The van der Waals surface area contributed by atoms with Crippen LogP contribution in [-0.2, 0) is 27.9 Å². The number of likely N-dealkylation sites (N-methyl/N-ethyl adjacent to an activating group) is 1. The molecule has 61 heavy (non-hydrogen) atoms. The van der Waals surface area contributed by atoms with E-state index >= 15 is 0 Å². The van der Waals surface area contributed by atoms with E-state index in [1.54, 1.807) is 0 Å². The van der Waals surface area contributed by atoms with E-state index < -0.39 is 13.9 Å². The highest BCUT2D eigenvalue weighted by Gasteiger charge is 2.20. The van der Waals surface area contributed by atoms with Gasteiger partial charge in [0.2, 0.25) is 0 Å². The molecule has 0 saturated carbocycles. The van der Waals surface area contributed by atoms with Crippen LogP contribution in [0.5, 0.6) is 0 Å². The van der Waals surface area contributed by atoms with Gasteiger partial charge in [0.05, 0.1) is 34.4 Å². The molecule has 0 spiro atoms. The molecule has 0 amide bonds. The van der Waals surface area contributed by atoms with Crippen LogP contribution in [0.3, 0.4) is 0 Å². The molecule has 0 aliphatic heterocycles. The Hall–Kier alpha value is -1.28. The van der Waals surface area contributed by atoms with Crippen LogP contribution in [0.2, 0.25) is 0 Å². The van der Waals surface area contributed by atoms with Crippen LogP contribution in [0.25, 0.3) is 0 Å². The van der Waals surface area contributed by atoms with Crippen molar-refractivity contribution in [2.75, 3.05) is 54.1 Å². The Morgan fingerprint density at radius 1 is 0.508 bits per heavy atom. The molecule has 0 saturated heterocycles. The topological polar surface area (TPSA) is 94.1 Å². The molecule has 0 rings (SSSR count). The van der Waals surface area contributed by atoms with Crippen molar-refractivity contribution in [3.8, 4) is 0 Å². The predicted molar refractivity (Wildman–Crippen MR) is 259 cm³/mol. The normalized spacial score (nSPS) is 13.9. The molecule has 360 valence electrons. The summed E-state index contributed by atoms with van der Waals surface area (Å²) in [4.78, 5) is 25.1. The summed E-state index contributed by atoms with van der Waals surface area (Å²) in [6, 6.07) is 0. The number of phosphoric acid groups is 1. The molecule has 0 aromatic carbocycles. The van der Waals surface area contributed by atoms with Crippen LogP contribution >= 0.6 is 7.82 Å². The maximum Gasteiger partial charge on any atom is 0.306 e. The van der Waals surface area contributed by atoms with Gasteiger partial charge in [0.25, 0.3) is 7.82 Å². The van der Waals surface area contributed by atoms with E-state index in [1.165, 1.54) is 167 Å². The van der Waals surface area contributed by atoms with Crippen molar-refractivity contribution in [3.63, 3.8) is 0 Å². The molecule has 0 aromatic heterocycles. The minimum absolute atomic E-state index is 0.0261. The zero-order valence-electron chi connectivity index (χ0n) is 40.9. The number of hydrogen-bond acceptors (Lipinski definition) is 7. The number of ether oxygens (including phenoxy) is 2. The molecule has 8 nitrogen and oxygen atoms in total. The highest BCUT2D eigenvalue weighted by molar-refractivity contribution is 7.45. The second-order valence-corrected chi connectivity index (χ2v) is 19.9. The SMILES string of the molecule is CCCCCCC/C=C\C/C=C\C/C=C\CCCCCCCCCCCOCC(COP(=O)([O-])OCC[N+](C)(C)C)OC(=O)CCCCCCCCCCCCCCCCC. The predicted octanol–water partition coefficient (Wildman–Crippen LogP) is 15.1. The van der Waals surface area contributed by atoms with Crippen molar-refractivity contribution >= 4 is 13.8 Å².